The van der Waals surface area contributed by atoms with E-state index < -0.39 is 0 Å². The van der Waals surface area contributed by atoms with Crippen molar-refractivity contribution >= 4 is 11.4 Å². The molecule has 1 heterocycles. The largest absolute Gasteiger partial charge is 0.385 e. The Morgan fingerprint density at radius 1 is 1.12 bits per heavy atom. The van der Waals surface area contributed by atoms with Crippen molar-refractivity contribution in [2.24, 2.45) is 0 Å². The molecule has 1 saturated heterocycles. The zero-order valence-corrected chi connectivity index (χ0v) is 10.5. The van der Waals surface area contributed by atoms with Crippen molar-refractivity contribution in [2.45, 2.75) is 25.7 Å². The van der Waals surface area contributed by atoms with Crippen molar-refractivity contribution in [1.29, 1.82) is 0 Å². The average Bonchev–Trinajstić information content (AvgIpc) is 2.41. The third kappa shape index (κ3) is 3.52. The Balaban J connectivity index is 1.90. The third-order valence-electron chi connectivity index (χ3n) is 3.27. The van der Waals surface area contributed by atoms with Crippen molar-refractivity contribution in [3.63, 3.8) is 0 Å². The lowest BCUT2D eigenvalue weighted by molar-refractivity contribution is 0.578. The first kappa shape index (κ1) is 12.0. The Bertz CT molecular complexity index is 336. The molecule has 0 aliphatic carbocycles. The standard InChI is InChI=1S/C15H22N2/c1-2-3-11-16-14-7-9-15(10-8-14)17-12-5-4-6-13-17/h2,7-10,16H,1,3-6,11-13H2. The van der Waals surface area contributed by atoms with Gasteiger partial charge in [-0.15, -0.1) is 6.58 Å². The van der Waals surface area contributed by atoms with Gasteiger partial charge in [-0.2, -0.15) is 0 Å². The van der Waals surface area contributed by atoms with Gasteiger partial charge < -0.3 is 10.2 Å². The van der Waals surface area contributed by atoms with E-state index in [2.05, 4.69) is 41.1 Å². The summed E-state index contributed by atoms with van der Waals surface area (Å²) in [5, 5.41) is 3.39. The molecule has 2 nitrogen and oxygen atoms in total. The first-order valence-corrected chi connectivity index (χ1v) is 6.60. The van der Waals surface area contributed by atoms with E-state index in [0.29, 0.717) is 0 Å². The van der Waals surface area contributed by atoms with Crippen LogP contribution in [0.2, 0.25) is 0 Å². The molecule has 2 rings (SSSR count). The van der Waals surface area contributed by atoms with Gasteiger partial charge in [0.1, 0.15) is 0 Å². The highest BCUT2D eigenvalue weighted by Gasteiger charge is 2.10. The van der Waals surface area contributed by atoms with Gasteiger partial charge in [0.15, 0.2) is 0 Å². The summed E-state index contributed by atoms with van der Waals surface area (Å²) in [6, 6.07) is 8.79. The first-order valence-electron chi connectivity index (χ1n) is 6.60. The Morgan fingerprint density at radius 3 is 2.47 bits per heavy atom. The van der Waals surface area contributed by atoms with Crippen molar-refractivity contribution < 1.29 is 0 Å². The van der Waals surface area contributed by atoms with Gasteiger partial charge in [-0.05, 0) is 49.9 Å². The second kappa shape index (κ2) is 6.33. The van der Waals surface area contributed by atoms with Gasteiger partial charge in [-0.25, -0.2) is 0 Å². The predicted octanol–water partition coefficient (Wildman–Crippen LogP) is 3.66. The highest BCUT2D eigenvalue weighted by Crippen LogP contribution is 2.21. The van der Waals surface area contributed by atoms with E-state index in [4.69, 9.17) is 0 Å². The van der Waals surface area contributed by atoms with Crippen LogP contribution in [0.4, 0.5) is 11.4 Å². The van der Waals surface area contributed by atoms with E-state index in [1.165, 1.54) is 43.7 Å². The topological polar surface area (TPSA) is 15.3 Å². The smallest absolute Gasteiger partial charge is 0.0367 e. The minimum atomic E-state index is 0.965. The van der Waals surface area contributed by atoms with Crippen molar-refractivity contribution in [1.82, 2.24) is 0 Å². The highest BCUT2D eigenvalue weighted by molar-refractivity contribution is 5.55. The molecule has 0 aromatic heterocycles. The quantitative estimate of drug-likeness (QED) is 0.613. The molecule has 0 bridgehead atoms. The summed E-state index contributed by atoms with van der Waals surface area (Å²) in [7, 11) is 0. The zero-order chi connectivity index (χ0) is 11.9. The minimum absolute atomic E-state index is 0.965. The van der Waals surface area contributed by atoms with Gasteiger partial charge in [-0.3, -0.25) is 0 Å². The van der Waals surface area contributed by atoms with E-state index in [1.807, 2.05) is 6.08 Å². The fourth-order valence-corrected chi connectivity index (χ4v) is 2.26. The molecule has 0 unspecified atom stereocenters. The van der Waals surface area contributed by atoms with Crippen LogP contribution in [-0.2, 0) is 0 Å². The number of rotatable bonds is 5. The second-order valence-corrected chi connectivity index (χ2v) is 4.60. The van der Waals surface area contributed by atoms with E-state index in [1.54, 1.807) is 0 Å². The van der Waals surface area contributed by atoms with Gasteiger partial charge >= 0.3 is 0 Å². The molecule has 1 fully saturated rings. The van der Waals surface area contributed by atoms with Gasteiger partial charge in [0.05, 0.1) is 0 Å². The van der Waals surface area contributed by atoms with Gasteiger partial charge in [-0.1, -0.05) is 6.08 Å². The summed E-state index contributed by atoms with van der Waals surface area (Å²) < 4.78 is 0. The molecule has 1 N–H and O–H groups in total. The highest BCUT2D eigenvalue weighted by atomic mass is 15.1. The number of benzene rings is 1. The molecule has 0 radical (unpaired) electrons. The second-order valence-electron chi connectivity index (χ2n) is 4.60. The molecule has 1 aromatic rings. The van der Waals surface area contributed by atoms with E-state index in [-0.39, 0.29) is 0 Å². The van der Waals surface area contributed by atoms with E-state index in [9.17, 15) is 0 Å². The number of hydrogen-bond acceptors (Lipinski definition) is 2. The summed E-state index contributed by atoms with van der Waals surface area (Å²) in [5.41, 5.74) is 2.56. The molecule has 17 heavy (non-hydrogen) atoms. The van der Waals surface area contributed by atoms with Crippen molar-refractivity contribution in [2.75, 3.05) is 29.9 Å². The zero-order valence-electron chi connectivity index (χ0n) is 10.5. The number of nitrogens with zero attached hydrogens (tertiary/aromatic N) is 1. The third-order valence-corrected chi connectivity index (χ3v) is 3.27. The van der Waals surface area contributed by atoms with E-state index >= 15 is 0 Å². The van der Waals surface area contributed by atoms with Crippen LogP contribution in [0.5, 0.6) is 0 Å². The Kier molecular flexibility index (Phi) is 4.48. The van der Waals surface area contributed by atoms with Crippen molar-refractivity contribution in [3.8, 4) is 0 Å². The molecule has 2 heteroatoms. The molecule has 0 atom stereocenters. The maximum Gasteiger partial charge on any atom is 0.0367 e. The SMILES string of the molecule is C=CCCNc1ccc(N2CCCCC2)cc1. The maximum absolute atomic E-state index is 3.72. The first-order chi connectivity index (χ1) is 8.40. The van der Waals surface area contributed by atoms with Crippen LogP contribution in [0.15, 0.2) is 36.9 Å². The lowest BCUT2D eigenvalue weighted by Gasteiger charge is -2.28. The number of piperidine rings is 1. The lowest BCUT2D eigenvalue weighted by atomic mass is 10.1. The number of nitrogens with one attached hydrogen (secondary N) is 1. The molecule has 0 saturated carbocycles. The van der Waals surface area contributed by atoms with Crippen LogP contribution in [0, 0.1) is 0 Å². The molecule has 0 spiro atoms. The Labute approximate surface area is 104 Å². The molecule has 92 valence electrons. The summed E-state index contributed by atoms with van der Waals surface area (Å²) in [4.78, 5) is 2.48. The Hall–Kier alpha value is -1.44. The summed E-state index contributed by atoms with van der Waals surface area (Å²) >= 11 is 0. The predicted molar refractivity (Wildman–Crippen MR) is 75.8 cm³/mol. The monoisotopic (exact) mass is 230 g/mol. The lowest BCUT2D eigenvalue weighted by Crippen LogP contribution is -2.29. The molecular weight excluding hydrogens is 208 g/mol. The molecule has 1 aliphatic rings. The van der Waals surface area contributed by atoms with Gasteiger partial charge in [0.2, 0.25) is 0 Å². The van der Waals surface area contributed by atoms with Gasteiger partial charge in [0, 0.05) is 31.0 Å². The van der Waals surface area contributed by atoms with Crippen LogP contribution in [0.3, 0.4) is 0 Å². The normalized spacial score (nSPS) is 15.6. The number of anilines is 2. The molecule has 0 amide bonds. The number of hydrogen-bond donors (Lipinski definition) is 1. The summed E-state index contributed by atoms with van der Waals surface area (Å²) in [6.07, 6.45) is 7.00. The summed E-state index contributed by atoms with van der Waals surface area (Å²) in [5.74, 6) is 0. The maximum atomic E-state index is 3.72. The molecule has 1 aromatic carbocycles. The fourth-order valence-electron chi connectivity index (χ4n) is 2.26. The van der Waals surface area contributed by atoms with Crippen LogP contribution < -0.4 is 10.2 Å². The van der Waals surface area contributed by atoms with Crippen LogP contribution in [0.1, 0.15) is 25.7 Å². The summed E-state index contributed by atoms with van der Waals surface area (Å²) in [6.45, 7) is 7.11. The average molecular weight is 230 g/mol. The van der Waals surface area contributed by atoms with Crippen molar-refractivity contribution in [3.05, 3.63) is 36.9 Å². The Morgan fingerprint density at radius 2 is 1.82 bits per heavy atom. The van der Waals surface area contributed by atoms with Crippen LogP contribution in [0.25, 0.3) is 0 Å². The molecule has 1 aliphatic heterocycles. The van der Waals surface area contributed by atoms with Crippen LogP contribution >= 0.6 is 0 Å². The molecular formula is C15H22N2. The van der Waals surface area contributed by atoms with Gasteiger partial charge in [0.25, 0.3) is 0 Å². The fraction of sp³-hybridized carbons (Fsp3) is 0.467. The van der Waals surface area contributed by atoms with E-state index in [0.717, 1.165) is 13.0 Å². The van der Waals surface area contributed by atoms with Crippen LogP contribution in [-0.4, -0.2) is 19.6 Å². The minimum Gasteiger partial charge on any atom is -0.385 e.